The van der Waals surface area contributed by atoms with Crippen molar-refractivity contribution in [2.45, 2.75) is 40.3 Å². The summed E-state index contributed by atoms with van der Waals surface area (Å²) in [6, 6.07) is 4.31. The van der Waals surface area contributed by atoms with Crippen molar-refractivity contribution in [3.63, 3.8) is 0 Å². The van der Waals surface area contributed by atoms with Crippen LogP contribution in [0.25, 0.3) is 10.9 Å². The minimum atomic E-state index is -0.0795. The Morgan fingerprint density at radius 3 is 2.87 bits per heavy atom. The van der Waals surface area contributed by atoms with Crippen molar-refractivity contribution in [2.75, 3.05) is 0 Å². The molecule has 6 nitrogen and oxygen atoms in total. The van der Waals surface area contributed by atoms with Crippen LogP contribution < -0.4 is 5.32 Å². The van der Waals surface area contributed by atoms with E-state index in [1.807, 2.05) is 0 Å². The quantitative estimate of drug-likeness (QED) is 0.759. The lowest BCUT2D eigenvalue weighted by atomic mass is 10.0. The molecule has 0 aliphatic carbocycles. The van der Waals surface area contributed by atoms with Crippen LogP contribution in [-0.4, -0.2) is 25.7 Å². The molecule has 0 bridgehead atoms. The smallest absolute Gasteiger partial charge is 0.242 e. The van der Waals surface area contributed by atoms with Crippen molar-refractivity contribution >= 4 is 16.8 Å². The van der Waals surface area contributed by atoms with Crippen molar-refractivity contribution < 1.29 is 4.79 Å². The number of carbonyl (C=O) groups excluding carboxylic acids is 1. The van der Waals surface area contributed by atoms with Crippen molar-refractivity contribution in [3.05, 3.63) is 47.2 Å². The molecule has 6 heteroatoms. The molecule has 0 aliphatic heterocycles. The number of fused-ring (bicyclic) bond motifs is 1. The molecule has 3 aromatic rings. The molecule has 120 valence electrons. The monoisotopic (exact) mass is 311 g/mol. The Hall–Kier alpha value is -2.63. The molecule has 2 N–H and O–H groups in total. The van der Waals surface area contributed by atoms with E-state index in [1.165, 1.54) is 39.5 Å². The van der Waals surface area contributed by atoms with Crippen molar-refractivity contribution in [1.82, 2.24) is 25.1 Å². The van der Waals surface area contributed by atoms with Crippen LogP contribution in [0.4, 0.5) is 0 Å². The number of hydrogen-bond donors (Lipinski definition) is 2. The molecule has 2 aromatic heterocycles. The molecule has 0 fully saturated rings. The van der Waals surface area contributed by atoms with Crippen LogP contribution >= 0.6 is 0 Å². The maximum atomic E-state index is 12.0. The predicted molar refractivity (Wildman–Crippen MR) is 89.0 cm³/mol. The highest BCUT2D eigenvalue weighted by molar-refractivity contribution is 5.88. The van der Waals surface area contributed by atoms with Crippen LogP contribution in [-0.2, 0) is 24.3 Å². The van der Waals surface area contributed by atoms with E-state index in [9.17, 15) is 4.79 Å². The van der Waals surface area contributed by atoms with Gasteiger partial charge in [0.1, 0.15) is 19.2 Å². The van der Waals surface area contributed by atoms with Crippen LogP contribution in [0.5, 0.6) is 0 Å². The summed E-state index contributed by atoms with van der Waals surface area (Å²) in [5.74, 6) is -0.0795. The van der Waals surface area contributed by atoms with Crippen molar-refractivity contribution in [3.8, 4) is 0 Å². The Morgan fingerprint density at radius 1 is 1.35 bits per heavy atom. The lowest BCUT2D eigenvalue weighted by Crippen LogP contribution is -2.27. The van der Waals surface area contributed by atoms with Gasteiger partial charge in [-0.25, -0.2) is 9.67 Å². The first kappa shape index (κ1) is 15.3. The van der Waals surface area contributed by atoms with Gasteiger partial charge in [0.2, 0.25) is 5.91 Å². The second kappa shape index (κ2) is 6.24. The highest BCUT2D eigenvalue weighted by Crippen LogP contribution is 2.26. The zero-order valence-corrected chi connectivity index (χ0v) is 13.7. The molecular weight excluding hydrogens is 290 g/mol. The van der Waals surface area contributed by atoms with Gasteiger partial charge in [0.05, 0.1) is 5.52 Å². The van der Waals surface area contributed by atoms with E-state index < -0.39 is 0 Å². The number of nitrogens with zero attached hydrogens (tertiary/aromatic N) is 3. The second-order valence-electron chi connectivity index (χ2n) is 5.80. The number of aryl methyl sites for hydroxylation is 3. The number of rotatable bonds is 5. The summed E-state index contributed by atoms with van der Waals surface area (Å²) in [4.78, 5) is 19.4. The van der Waals surface area contributed by atoms with Crippen LogP contribution in [0.3, 0.4) is 0 Å². The van der Waals surface area contributed by atoms with Gasteiger partial charge in [-0.2, -0.15) is 5.10 Å². The number of aromatic amines is 1. The van der Waals surface area contributed by atoms with E-state index >= 15 is 0 Å². The summed E-state index contributed by atoms with van der Waals surface area (Å²) < 4.78 is 1.51. The van der Waals surface area contributed by atoms with E-state index in [0.29, 0.717) is 6.54 Å². The van der Waals surface area contributed by atoms with Gasteiger partial charge in [0.25, 0.3) is 0 Å². The average Bonchev–Trinajstić information content (AvgIpc) is 3.13. The van der Waals surface area contributed by atoms with E-state index in [-0.39, 0.29) is 12.5 Å². The maximum Gasteiger partial charge on any atom is 0.242 e. The fourth-order valence-electron chi connectivity index (χ4n) is 2.92. The summed E-state index contributed by atoms with van der Waals surface area (Å²) in [6.07, 6.45) is 3.93. The molecule has 0 unspecified atom stereocenters. The fourth-order valence-corrected chi connectivity index (χ4v) is 2.92. The molecule has 0 aliphatic rings. The van der Waals surface area contributed by atoms with E-state index in [0.717, 1.165) is 17.5 Å². The van der Waals surface area contributed by atoms with Gasteiger partial charge in [-0.3, -0.25) is 4.79 Å². The first-order valence-electron chi connectivity index (χ1n) is 7.78. The topological polar surface area (TPSA) is 75.6 Å². The van der Waals surface area contributed by atoms with Gasteiger partial charge in [-0.1, -0.05) is 18.6 Å². The van der Waals surface area contributed by atoms with E-state index in [1.54, 1.807) is 0 Å². The minimum Gasteiger partial charge on any atom is -0.358 e. The van der Waals surface area contributed by atoms with Gasteiger partial charge in [-0.15, -0.1) is 0 Å². The Bertz CT molecular complexity index is 832. The Labute approximate surface area is 134 Å². The van der Waals surface area contributed by atoms with Gasteiger partial charge in [0, 0.05) is 17.6 Å². The van der Waals surface area contributed by atoms with Gasteiger partial charge >= 0.3 is 0 Å². The van der Waals surface area contributed by atoms with Gasteiger partial charge < -0.3 is 10.3 Å². The maximum absolute atomic E-state index is 12.0. The molecule has 3 rings (SSSR count). The number of carbonyl (C=O) groups is 1. The highest BCUT2D eigenvalue weighted by Gasteiger charge is 2.12. The van der Waals surface area contributed by atoms with Crippen LogP contribution in [0.2, 0.25) is 0 Å². The molecule has 1 aromatic carbocycles. The highest BCUT2D eigenvalue weighted by atomic mass is 16.2. The molecule has 23 heavy (non-hydrogen) atoms. The number of amides is 1. The number of benzene rings is 1. The molecule has 0 atom stereocenters. The van der Waals surface area contributed by atoms with Crippen LogP contribution in [0.15, 0.2) is 24.8 Å². The normalized spacial score (nSPS) is 11.1. The zero-order chi connectivity index (χ0) is 16.4. The summed E-state index contributed by atoms with van der Waals surface area (Å²) in [6.45, 7) is 7.04. The lowest BCUT2D eigenvalue weighted by molar-refractivity contribution is -0.122. The lowest BCUT2D eigenvalue weighted by Gasteiger charge is -2.08. The molecule has 0 radical (unpaired) electrons. The van der Waals surface area contributed by atoms with Crippen molar-refractivity contribution in [2.24, 2.45) is 0 Å². The number of aromatic nitrogens is 4. The summed E-state index contributed by atoms with van der Waals surface area (Å²) in [5, 5.41) is 8.13. The SMILES string of the molecule is CCc1[nH]c2c(CNC(=O)Cn3cncn3)cc(C)cc2c1C. The number of H-pyrrole nitrogens is 1. The first-order valence-corrected chi connectivity index (χ1v) is 7.78. The zero-order valence-electron chi connectivity index (χ0n) is 13.7. The predicted octanol–water partition coefficient (Wildman–Crippen LogP) is 2.26. The molecule has 2 heterocycles. The molecule has 0 saturated carbocycles. The fraction of sp³-hybridized carbons (Fsp3) is 0.353. The largest absolute Gasteiger partial charge is 0.358 e. The third-order valence-corrected chi connectivity index (χ3v) is 4.10. The standard InChI is InChI=1S/C17H21N5O/c1-4-15-12(3)14-6-11(2)5-13(17(14)21-15)7-19-16(23)8-22-10-18-9-20-22/h5-6,9-10,21H,4,7-8H2,1-3H3,(H,19,23). The molecule has 0 spiro atoms. The van der Waals surface area contributed by atoms with E-state index in [4.69, 9.17) is 0 Å². The Kier molecular flexibility index (Phi) is 4.14. The summed E-state index contributed by atoms with van der Waals surface area (Å²) in [7, 11) is 0. The summed E-state index contributed by atoms with van der Waals surface area (Å²) >= 11 is 0. The Morgan fingerprint density at radius 2 is 2.17 bits per heavy atom. The average molecular weight is 311 g/mol. The van der Waals surface area contributed by atoms with Gasteiger partial charge in [0.15, 0.2) is 0 Å². The number of nitrogens with one attached hydrogen (secondary N) is 2. The molecular formula is C17H21N5O. The van der Waals surface area contributed by atoms with Crippen molar-refractivity contribution in [1.29, 1.82) is 0 Å². The van der Waals surface area contributed by atoms with Crippen LogP contribution in [0, 0.1) is 13.8 Å². The third kappa shape index (κ3) is 3.11. The number of hydrogen-bond acceptors (Lipinski definition) is 3. The minimum absolute atomic E-state index is 0.0795. The van der Waals surface area contributed by atoms with Gasteiger partial charge in [-0.05, 0) is 37.5 Å². The van der Waals surface area contributed by atoms with E-state index in [2.05, 4.69) is 53.3 Å². The second-order valence-corrected chi connectivity index (χ2v) is 5.80. The van der Waals surface area contributed by atoms with Crippen LogP contribution in [0.1, 0.15) is 29.3 Å². The molecule has 0 saturated heterocycles. The molecule has 1 amide bonds. The third-order valence-electron chi connectivity index (χ3n) is 4.10. The first-order chi connectivity index (χ1) is 11.1. The summed E-state index contributed by atoms with van der Waals surface area (Å²) in [5.41, 5.74) is 5.96. The Balaban J connectivity index is 1.80.